The number of aliphatic hydroxyl groups is 1. The van der Waals surface area contributed by atoms with Gasteiger partial charge in [0.2, 0.25) is 0 Å². The number of aromatic nitrogens is 2. The van der Waals surface area contributed by atoms with Gasteiger partial charge in [-0.05, 0) is 24.0 Å². The van der Waals surface area contributed by atoms with Gasteiger partial charge in [-0.3, -0.25) is 9.80 Å². The minimum Gasteiger partial charge on any atom is -0.396 e. The molecule has 3 rings (SSSR count). The fourth-order valence-electron chi connectivity index (χ4n) is 3.76. The molecule has 1 N–H and O–H groups in total. The summed E-state index contributed by atoms with van der Waals surface area (Å²) >= 11 is 0. The van der Waals surface area contributed by atoms with Gasteiger partial charge in [0.25, 0.3) is 0 Å². The molecule has 1 atom stereocenters. The molecule has 26 heavy (non-hydrogen) atoms. The first-order chi connectivity index (χ1) is 12.4. The van der Waals surface area contributed by atoms with Crippen LogP contribution >= 0.6 is 0 Å². The summed E-state index contributed by atoms with van der Waals surface area (Å²) in [6.45, 7) is 12.2. The Morgan fingerprint density at radius 2 is 1.92 bits per heavy atom. The summed E-state index contributed by atoms with van der Waals surface area (Å²) in [5.41, 5.74) is 2.61. The lowest BCUT2D eigenvalue weighted by atomic mass is 9.94. The molecule has 0 amide bonds. The highest BCUT2D eigenvalue weighted by atomic mass is 16.3. The van der Waals surface area contributed by atoms with E-state index in [1.54, 1.807) is 0 Å². The van der Waals surface area contributed by atoms with E-state index in [1.807, 2.05) is 29.1 Å². The zero-order valence-electron chi connectivity index (χ0n) is 16.3. The molecule has 0 saturated carbocycles. The molecule has 0 aliphatic carbocycles. The molecule has 1 aromatic carbocycles. The SMILES string of the molecule is CC(C)(C)CN1CCN(Cc2cnn(-c3ccccc3)c2)C[C@H]1CCO. The van der Waals surface area contributed by atoms with E-state index in [1.165, 1.54) is 5.56 Å². The number of hydrogen-bond donors (Lipinski definition) is 1. The quantitative estimate of drug-likeness (QED) is 0.864. The largest absolute Gasteiger partial charge is 0.396 e. The Labute approximate surface area is 157 Å². The molecule has 1 saturated heterocycles. The highest BCUT2D eigenvalue weighted by molar-refractivity contribution is 5.30. The van der Waals surface area contributed by atoms with Crippen molar-refractivity contribution >= 4 is 0 Å². The predicted molar refractivity (Wildman–Crippen MR) is 105 cm³/mol. The van der Waals surface area contributed by atoms with Crippen LogP contribution in [0.15, 0.2) is 42.7 Å². The van der Waals surface area contributed by atoms with Crippen molar-refractivity contribution in [3.63, 3.8) is 0 Å². The molecule has 2 heterocycles. The summed E-state index contributed by atoms with van der Waals surface area (Å²) in [4.78, 5) is 5.05. The summed E-state index contributed by atoms with van der Waals surface area (Å²) in [7, 11) is 0. The van der Waals surface area contributed by atoms with Crippen LogP contribution in [0.3, 0.4) is 0 Å². The predicted octanol–water partition coefficient (Wildman–Crippen LogP) is 2.79. The van der Waals surface area contributed by atoms with Crippen molar-refractivity contribution in [1.82, 2.24) is 19.6 Å². The summed E-state index contributed by atoms with van der Waals surface area (Å²) in [5.74, 6) is 0. The van der Waals surface area contributed by atoms with Gasteiger partial charge in [-0.25, -0.2) is 4.68 Å². The van der Waals surface area contributed by atoms with Gasteiger partial charge in [-0.15, -0.1) is 0 Å². The first-order valence-corrected chi connectivity index (χ1v) is 9.61. The van der Waals surface area contributed by atoms with Crippen molar-refractivity contribution in [1.29, 1.82) is 0 Å². The lowest BCUT2D eigenvalue weighted by molar-refractivity contribution is 0.0340. The highest BCUT2D eigenvalue weighted by Crippen LogP contribution is 2.22. The Morgan fingerprint density at radius 3 is 2.62 bits per heavy atom. The fourth-order valence-corrected chi connectivity index (χ4v) is 3.76. The molecule has 1 aliphatic rings. The molecular formula is C21H32N4O. The van der Waals surface area contributed by atoms with E-state index in [-0.39, 0.29) is 12.0 Å². The van der Waals surface area contributed by atoms with Crippen LogP contribution in [-0.2, 0) is 6.54 Å². The topological polar surface area (TPSA) is 44.5 Å². The maximum atomic E-state index is 9.48. The number of rotatable bonds is 6. The van der Waals surface area contributed by atoms with Gasteiger partial charge >= 0.3 is 0 Å². The van der Waals surface area contributed by atoms with E-state index < -0.39 is 0 Å². The number of para-hydroxylation sites is 1. The number of hydrogen-bond acceptors (Lipinski definition) is 4. The van der Waals surface area contributed by atoms with Crippen LogP contribution in [0, 0.1) is 5.41 Å². The van der Waals surface area contributed by atoms with Crippen LogP contribution in [0.1, 0.15) is 32.8 Å². The van der Waals surface area contributed by atoms with Crippen LogP contribution in [0.25, 0.3) is 5.69 Å². The van der Waals surface area contributed by atoms with Crippen molar-refractivity contribution < 1.29 is 5.11 Å². The van der Waals surface area contributed by atoms with E-state index in [0.29, 0.717) is 6.04 Å². The average Bonchev–Trinajstić information content (AvgIpc) is 3.06. The molecule has 0 bridgehead atoms. The van der Waals surface area contributed by atoms with E-state index >= 15 is 0 Å². The standard InChI is InChI=1S/C21H32N4O/c1-21(2,3)17-24-11-10-23(16-20(24)9-12-26)14-18-13-22-25(15-18)19-7-5-4-6-8-19/h4-8,13,15,20,26H,9-12,14,16-17H2,1-3H3/t20-/m1/s1. The van der Waals surface area contributed by atoms with Crippen LogP contribution < -0.4 is 0 Å². The van der Waals surface area contributed by atoms with Crippen LogP contribution in [0.2, 0.25) is 0 Å². The molecule has 2 aromatic rings. The second-order valence-electron chi connectivity index (χ2n) is 8.56. The number of nitrogens with zero attached hydrogens (tertiary/aromatic N) is 4. The minimum atomic E-state index is 0.255. The Morgan fingerprint density at radius 1 is 1.15 bits per heavy atom. The average molecular weight is 357 g/mol. The fraction of sp³-hybridized carbons (Fsp3) is 0.571. The van der Waals surface area contributed by atoms with E-state index in [4.69, 9.17) is 0 Å². The smallest absolute Gasteiger partial charge is 0.0645 e. The van der Waals surface area contributed by atoms with Gasteiger partial charge in [0.1, 0.15) is 0 Å². The molecule has 0 unspecified atom stereocenters. The van der Waals surface area contributed by atoms with E-state index in [9.17, 15) is 5.11 Å². The molecule has 1 aromatic heterocycles. The van der Waals surface area contributed by atoms with Gasteiger partial charge in [0.15, 0.2) is 0 Å². The third-order valence-corrected chi connectivity index (χ3v) is 4.89. The number of piperazine rings is 1. The van der Waals surface area contributed by atoms with Gasteiger partial charge in [-0.2, -0.15) is 5.10 Å². The normalized spacial score (nSPS) is 19.8. The second kappa shape index (κ2) is 8.33. The highest BCUT2D eigenvalue weighted by Gasteiger charge is 2.29. The molecule has 5 heteroatoms. The Hall–Kier alpha value is -1.69. The Kier molecular flexibility index (Phi) is 6.12. The van der Waals surface area contributed by atoms with Crippen LogP contribution in [0.5, 0.6) is 0 Å². The number of aliphatic hydroxyl groups excluding tert-OH is 1. The van der Waals surface area contributed by atoms with Crippen molar-refractivity contribution in [3.8, 4) is 5.69 Å². The lowest BCUT2D eigenvalue weighted by Gasteiger charge is -2.43. The molecule has 5 nitrogen and oxygen atoms in total. The Balaban J connectivity index is 1.61. The van der Waals surface area contributed by atoms with E-state index in [2.05, 4.69) is 54.0 Å². The first-order valence-electron chi connectivity index (χ1n) is 9.61. The maximum Gasteiger partial charge on any atom is 0.0645 e. The van der Waals surface area contributed by atoms with Gasteiger partial charge < -0.3 is 5.11 Å². The zero-order valence-corrected chi connectivity index (χ0v) is 16.3. The van der Waals surface area contributed by atoms with E-state index in [0.717, 1.165) is 44.8 Å². The molecular weight excluding hydrogens is 324 g/mol. The maximum absolute atomic E-state index is 9.48. The van der Waals surface area contributed by atoms with Crippen molar-refractivity contribution in [2.75, 3.05) is 32.8 Å². The van der Waals surface area contributed by atoms with Gasteiger partial charge in [0.05, 0.1) is 11.9 Å². The summed E-state index contributed by atoms with van der Waals surface area (Å²) < 4.78 is 1.94. The summed E-state index contributed by atoms with van der Waals surface area (Å²) in [5, 5.41) is 14.0. The Bertz CT molecular complexity index is 677. The minimum absolute atomic E-state index is 0.255. The number of benzene rings is 1. The third kappa shape index (κ3) is 5.16. The van der Waals surface area contributed by atoms with Gasteiger partial charge in [-0.1, -0.05) is 39.0 Å². The van der Waals surface area contributed by atoms with Crippen molar-refractivity contribution in [2.24, 2.45) is 5.41 Å². The van der Waals surface area contributed by atoms with Crippen molar-refractivity contribution in [3.05, 3.63) is 48.3 Å². The zero-order chi connectivity index (χ0) is 18.6. The van der Waals surface area contributed by atoms with Crippen molar-refractivity contribution in [2.45, 2.75) is 39.8 Å². The molecule has 1 fully saturated rings. The molecule has 0 spiro atoms. The molecule has 142 valence electrons. The van der Waals surface area contributed by atoms with Crippen LogP contribution in [-0.4, -0.2) is 63.5 Å². The summed E-state index contributed by atoms with van der Waals surface area (Å²) in [6, 6.07) is 10.7. The third-order valence-electron chi connectivity index (χ3n) is 4.89. The molecule has 1 aliphatic heterocycles. The molecule has 0 radical (unpaired) electrons. The lowest BCUT2D eigenvalue weighted by Crippen LogP contribution is -2.54. The second-order valence-corrected chi connectivity index (χ2v) is 8.56. The first kappa shape index (κ1) is 19.1. The monoisotopic (exact) mass is 356 g/mol. The van der Waals surface area contributed by atoms with Gasteiger partial charge in [0, 0.05) is 57.1 Å². The van der Waals surface area contributed by atoms with Crippen LogP contribution in [0.4, 0.5) is 0 Å². The summed E-state index contributed by atoms with van der Waals surface area (Å²) in [6.07, 6.45) is 4.93.